The Morgan fingerprint density at radius 3 is 2.89 bits per heavy atom. The van der Waals surface area contributed by atoms with E-state index in [1.165, 1.54) is 6.07 Å². The van der Waals surface area contributed by atoms with E-state index in [4.69, 9.17) is 0 Å². The number of pyridine rings is 1. The molecule has 1 aromatic rings. The zero-order valence-corrected chi connectivity index (χ0v) is 10.1. The van der Waals surface area contributed by atoms with E-state index in [9.17, 15) is 9.18 Å². The molecule has 18 heavy (non-hydrogen) atoms. The van der Waals surface area contributed by atoms with Crippen LogP contribution in [0.5, 0.6) is 0 Å². The average Bonchev–Trinajstić information content (AvgIpc) is 3.12. The van der Waals surface area contributed by atoms with E-state index in [1.807, 2.05) is 6.92 Å². The monoisotopic (exact) mass is 247 g/mol. The molecule has 94 valence electrons. The van der Waals surface area contributed by atoms with E-state index in [-0.39, 0.29) is 18.4 Å². The number of carbonyl (C=O) groups is 1. The van der Waals surface area contributed by atoms with Gasteiger partial charge in [0.25, 0.3) is 0 Å². The first-order valence-corrected chi connectivity index (χ1v) is 6.15. The molecule has 1 fully saturated rings. The molecule has 1 amide bonds. The quantitative estimate of drug-likeness (QED) is 0.819. The molecule has 0 radical (unpaired) electrons. The number of carbonyl (C=O) groups excluding carboxylic acids is 1. The fourth-order valence-corrected chi connectivity index (χ4v) is 2.27. The minimum absolute atomic E-state index is 0.00587. The predicted octanol–water partition coefficient (Wildman–Crippen LogP) is 1.96. The van der Waals surface area contributed by atoms with Gasteiger partial charge in [0.2, 0.25) is 5.91 Å². The fraction of sp³-hybridized carbons (Fsp3) is 0.462. The van der Waals surface area contributed by atoms with Crippen molar-refractivity contribution in [2.45, 2.75) is 32.2 Å². The van der Waals surface area contributed by atoms with Gasteiger partial charge in [0.05, 0.1) is 24.4 Å². The van der Waals surface area contributed by atoms with Crippen LogP contribution in [0.15, 0.2) is 23.6 Å². The van der Waals surface area contributed by atoms with Gasteiger partial charge in [-0.2, -0.15) is 5.10 Å². The van der Waals surface area contributed by atoms with Crippen LogP contribution in [0.3, 0.4) is 0 Å². The molecule has 0 aromatic carbocycles. The third kappa shape index (κ3) is 2.00. The standard InChI is InChI=1S/C13H14FN3O/c1-8(9-2-3-9)17-13(18)5-12(16-17)10-4-11(14)7-15-6-10/h4,6-9H,2-3,5H2,1H3. The first-order valence-electron chi connectivity index (χ1n) is 6.15. The van der Waals surface area contributed by atoms with Crippen molar-refractivity contribution in [3.05, 3.63) is 29.8 Å². The Bertz CT molecular complexity index is 525. The van der Waals surface area contributed by atoms with Crippen LogP contribution in [0.1, 0.15) is 31.7 Å². The summed E-state index contributed by atoms with van der Waals surface area (Å²) in [6.45, 7) is 2.02. The Labute approximate surface area is 105 Å². The van der Waals surface area contributed by atoms with Crippen molar-refractivity contribution in [1.29, 1.82) is 0 Å². The lowest BCUT2D eigenvalue weighted by atomic mass is 10.1. The summed E-state index contributed by atoms with van der Waals surface area (Å²) in [4.78, 5) is 15.7. The van der Waals surface area contributed by atoms with Crippen molar-refractivity contribution < 1.29 is 9.18 Å². The highest BCUT2D eigenvalue weighted by molar-refractivity contribution is 6.13. The number of aromatic nitrogens is 1. The van der Waals surface area contributed by atoms with Crippen LogP contribution < -0.4 is 0 Å². The van der Waals surface area contributed by atoms with Gasteiger partial charge in [-0.05, 0) is 31.7 Å². The fourth-order valence-electron chi connectivity index (χ4n) is 2.27. The van der Waals surface area contributed by atoms with Crippen LogP contribution >= 0.6 is 0 Å². The van der Waals surface area contributed by atoms with Gasteiger partial charge in [-0.1, -0.05) is 0 Å². The zero-order valence-electron chi connectivity index (χ0n) is 10.1. The van der Waals surface area contributed by atoms with Crippen molar-refractivity contribution in [2.75, 3.05) is 0 Å². The van der Waals surface area contributed by atoms with Gasteiger partial charge in [0.15, 0.2) is 0 Å². The SMILES string of the molecule is CC(C1CC1)N1N=C(c2cncc(F)c2)CC1=O. The summed E-state index contributed by atoms with van der Waals surface area (Å²) >= 11 is 0. The largest absolute Gasteiger partial charge is 0.273 e. The van der Waals surface area contributed by atoms with Gasteiger partial charge < -0.3 is 0 Å². The number of rotatable bonds is 3. The van der Waals surface area contributed by atoms with Crippen molar-refractivity contribution in [1.82, 2.24) is 9.99 Å². The van der Waals surface area contributed by atoms with E-state index < -0.39 is 5.82 Å². The molecule has 0 saturated heterocycles. The summed E-state index contributed by atoms with van der Waals surface area (Å²) in [5.74, 6) is 0.160. The first-order chi connectivity index (χ1) is 8.65. The van der Waals surface area contributed by atoms with Crippen LogP contribution in [-0.2, 0) is 4.79 Å². The van der Waals surface area contributed by atoms with Gasteiger partial charge in [0, 0.05) is 11.8 Å². The molecular weight excluding hydrogens is 233 g/mol. The first kappa shape index (κ1) is 11.3. The summed E-state index contributed by atoms with van der Waals surface area (Å²) in [6.07, 6.45) is 5.25. The van der Waals surface area contributed by atoms with Crippen molar-refractivity contribution in [3.8, 4) is 0 Å². The Balaban J connectivity index is 1.85. The smallest absolute Gasteiger partial charge is 0.249 e. The van der Waals surface area contributed by atoms with Gasteiger partial charge in [0.1, 0.15) is 5.82 Å². The lowest BCUT2D eigenvalue weighted by Gasteiger charge is -2.19. The van der Waals surface area contributed by atoms with Crippen LogP contribution in [0.2, 0.25) is 0 Å². The van der Waals surface area contributed by atoms with Crippen LogP contribution in [0.25, 0.3) is 0 Å². The molecule has 0 spiro atoms. The molecule has 0 bridgehead atoms. The van der Waals surface area contributed by atoms with Gasteiger partial charge in [-0.25, -0.2) is 9.40 Å². The van der Waals surface area contributed by atoms with Crippen molar-refractivity contribution >= 4 is 11.6 Å². The molecule has 2 heterocycles. The van der Waals surface area contributed by atoms with Crippen molar-refractivity contribution in [3.63, 3.8) is 0 Å². The summed E-state index contributed by atoms with van der Waals surface area (Å²) in [6, 6.07) is 1.52. The second-order valence-corrected chi connectivity index (χ2v) is 4.93. The Kier molecular flexibility index (Phi) is 2.61. The summed E-state index contributed by atoms with van der Waals surface area (Å²) in [5.41, 5.74) is 1.20. The molecular formula is C13H14FN3O. The zero-order chi connectivity index (χ0) is 12.7. The lowest BCUT2D eigenvalue weighted by Crippen LogP contribution is -2.32. The molecule has 0 N–H and O–H groups in total. The predicted molar refractivity (Wildman–Crippen MR) is 64.4 cm³/mol. The van der Waals surface area contributed by atoms with Gasteiger partial charge in [-0.3, -0.25) is 9.78 Å². The molecule has 5 heteroatoms. The van der Waals surface area contributed by atoms with E-state index in [1.54, 1.807) is 11.2 Å². The second kappa shape index (κ2) is 4.15. The minimum Gasteiger partial charge on any atom is -0.273 e. The van der Waals surface area contributed by atoms with E-state index >= 15 is 0 Å². The molecule has 1 aliphatic carbocycles. The third-order valence-corrected chi connectivity index (χ3v) is 3.53. The highest BCUT2D eigenvalue weighted by atomic mass is 19.1. The third-order valence-electron chi connectivity index (χ3n) is 3.53. The molecule has 1 unspecified atom stereocenters. The maximum absolute atomic E-state index is 13.1. The number of hydrazone groups is 1. The topological polar surface area (TPSA) is 45.6 Å². The van der Waals surface area contributed by atoms with Crippen molar-refractivity contribution in [2.24, 2.45) is 11.0 Å². The molecule has 1 saturated carbocycles. The Morgan fingerprint density at radius 2 is 2.22 bits per heavy atom. The number of halogens is 1. The summed E-state index contributed by atoms with van der Waals surface area (Å²) < 4.78 is 13.1. The Morgan fingerprint density at radius 1 is 1.44 bits per heavy atom. The minimum atomic E-state index is -0.406. The molecule has 2 aliphatic rings. The number of amides is 1. The maximum Gasteiger partial charge on any atom is 0.249 e. The number of hydrogen-bond donors (Lipinski definition) is 0. The summed E-state index contributed by atoms with van der Waals surface area (Å²) in [5, 5.41) is 5.89. The van der Waals surface area contributed by atoms with E-state index in [2.05, 4.69) is 10.1 Å². The average molecular weight is 247 g/mol. The van der Waals surface area contributed by atoms with Gasteiger partial charge >= 0.3 is 0 Å². The molecule has 1 aliphatic heterocycles. The van der Waals surface area contributed by atoms with Crippen LogP contribution in [-0.4, -0.2) is 27.7 Å². The number of hydrogen-bond acceptors (Lipinski definition) is 3. The van der Waals surface area contributed by atoms with E-state index in [0.717, 1.165) is 19.0 Å². The van der Waals surface area contributed by atoms with E-state index in [0.29, 0.717) is 17.2 Å². The molecule has 4 nitrogen and oxygen atoms in total. The van der Waals surface area contributed by atoms with Gasteiger partial charge in [-0.15, -0.1) is 0 Å². The second-order valence-electron chi connectivity index (χ2n) is 4.93. The molecule has 1 aromatic heterocycles. The number of nitrogens with zero attached hydrogens (tertiary/aromatic N) is 3. The summed E-state index contributed by atoms with van der Waals surface area (Å²) in [7, 11) is 0. The van der Waals surface area contributed by atoms with Crippen LogP contribution in [0.4, 0.5) is 4.39 Å². The Hall–Kier alpha value is -1.78. The van der Waals surface area contributed by atoms with Crippen LogP contribution in [0, 0.1) is 11.7 Å². The molecule has 3 rings (SSSR count). The maximum atomic E-state index is 13.1. The molecule has 1 atom stereocenters. The highest BCUT2D eigenvalue weighted by Gasteiger charge is 2.37. The lowest BCUT2D eigenvalue weighted by molar-refractivity contribution is -0.130. The highest BCUT2D eigenvalue weighted by Crippen LogP contribution is 2.36. The normalized spacial score (nSPS) is 21.1.